The molecule has 0 spiro atoms. The molecule has 1 saturated carbocycles. The smallest absolute Gasteiger partial charge is 0.248 e. The lowest BCUT2D eigenvalue weighted by Gasteiger charge is -2.26. The molecular formula is C21H26F2N2O3. The van der Waals surface area contributed by atoms with E-state index in [1.54, 1.807) is 19.2 Å². The Hall–Kier alpha value is -2.44. The maximum atomic E-state index is 13.3. The lowest BCUT2D eigenvalue weighted by Crippen LogP contribution is -2.38. The van der Waals surface area contributed by atoms with E-state index in [0.717, 1.165) is 5.56 Å². The molecule has 5 nitrogen and oxygen atoms in total. The summed E-state index contributed by atoms with van der Waals surface area (Å²) in [5, 5.41) is 2.85. The molecule has 3 rings (SSSR count). The fraction of sp³-hybridized carbons (Fsp3) is 0.524. The lowest BCUT2D eigenvalue weighted by molar-refractivity contribution is -0.131. The molecule has 0 radical (unpaired) electrons. The molecule has 7 heteroatoms. The summed E-state index contributed by atoms with van der Waals surface area (Å²) in [4.78, 5) is 25.7. The van der Waals surface area contributed by atoms with E-state index in [9.17, 15) is 18.4 Å². The highest BCUT2D eigenvalue weighted by atomic mass is 19.3. The Morgan fingerprint density at radius 2 is 2.00 bits per heavy atom. The van der Waals surface area contributed by atoms with Gasteiger partial charge in [0, 0.05) is 26.3 Å². The van der Waals surface area contributed by atoms with Crippen LogP contribution in [0.5, 0.6) is 5.75 Å². The van der Waals surface area contributed by atoms with Gasteiger partial charge in [0.15, 0.2) is 0 Å². The third-order valence-electron chi connectivity index (χ3n) is 5.60. The summed E-state index contributed by atoms with van der Waals surface area (Å²) in [6.07, 6.45) is 5.54. The zero-order valence-electron chi connectivity index (χ0n) is 16.2. The second-order valence-corrected chi connectivity index (χ2v) is 7.56. The van der Waals surface area contributed by atoms with Gasteiger partial charge < -0.3 is 15.0 Å². The van der Waals surface area contributed by atoms with Crippen molar-refractivity contribution in [2.75, 3.05) is 19.5 Å². The first-order chi connectivity index (χ1) is 13.3. The lowest BCUT2D eigenvalue weighted by atomic mass is 9.86. The molecular weight excluding hydrogens is 366 g/mol. The van der Waals surface area contributed by atoms with E-state index in [4.69, 9.17) is 4.74 Å². The Balaban J connectivity index is 1.69. The van der Waals surface area contributed by atoms with Crippen molar-refractivity contribution in [3.63, 3.8) is 0 Å². The molecule has 152 valence electrons. The Bertz CT molecular complexity index is 769. The van der Waals surface area contributed by atoms with Crippen LogP contribution in [0.1, 0.15) is 44.1 Å². The molecule has 1 unspecified atom stereocenters. The van der Waals surface area contributed by atoms with E-state index in [-0.39, 0.29) is 30.6 Å². The first-order valence-corrected chi connectivity index (χ1v) is 9.60. The number of nitrogens with zero attached hydrogens (tertiary/aromatic N) is 1. The van der Waals surface area contributed by atoms with Gasteiger partial charge in [0.25, 0.3) is 0 Å². The number of likely N-dealkylation sites (tertiary alicyclic amines) is 1. The number of alkyl halides is 2. The Morgan fingerprint density at radius 3 is 2.61 bits per heavy atom. The maximum Gasteiger partial charge on any atom is 0.248 e. The molecule has 2 amide bonds. The highest BCUT2D eigenvalue weighted by Gasteiger charge is 2.34. The quantitative estimate of drug-likeness (QED) is 0.821. The van der Waals surface area contributed by atoms with Gasteiger partial charge in [-0.3, -0.25) is 9.59 Å². The van der Waals surface area contributed by atoms with E-state index in [1.165, 1.54) is 12.0 Å². The molecule has 0 bridgehead atoms. The predicted molar refractivity (Wildman–Crippen MR) is 103 cm³/mol. The molecule has 1 heterocycles. The van der Waals surface area contributed by atoms with Crippen molar-refractivity contribution >= 4 is 23.6 Å². The van der Waals surface area contributed by atoms with Crippen LogP contribution in [0.25, 0.3) is 6.08 Å². The number of amides is 2. The fourth-order valence-corrected chi connectivity index (χ4v) is 3.76. The normalized spacial score (nSPS) is 22.6. The second kappa shape index (κ2) is 8.29. The SMILES string of the molecule is COc1ccc(/C=C/C2CCC(F)(F)CC2)cc1NC(=O)C1CCC(=O)N1C. The van der Waals surface area contributed by atoms with Gasteiger partial charge >= 0.3 is 0 Å². The van der Waals surface area contributed by atoms with E-state index in [0.29, 0.717) is 37.1 Å². The first-order valence-electron chi connectivity index (χ1n) is 9.60. The minimum absolute atomic E-state index is 0.0399. The highest BCUT2D eigenvalue weighted by Crippen LogP contribution is 2.37. The molecule has 2 aliphatic rings. The second-order valence-electron chi connectivity index (χ2n) is 7.56. The van der Waals surface area contributed by atoms with Gasteiger partial charge in [-0.1, -0.05) is 18.2 Å². The van der Waals surface area contributed by atoms with Gasteiger partial charge in [0.1, 0.15) is 11.8 Å². The predicted octanol–water partition coefficient (Wildman–Crippen LogP) is 4.09. The van der Waals surface area contributed by atoms with Crippen molar-refractivity contribution in [2.45, 2.75) is 50.5 Å². The van der Waals surface area contributed by atoms with Gasteiger partial charge in [-0.25, -0.2) is 8.78 Å². The number of rotatable bonds is 5. The van der Waals surface area contributed by atoms with Gasteiger partial charge in [-0.05, 0) is 42.9 Å². The van der Waals surface area contributed by atoms with Crippen LogP contribution in [0.3, 0.4) is 0 Å². The number of allylic oxidation sites excluding steroid dienone is 1. The molecule has 1 aromatic rings. The molecule has 0 aromatic heterocycles. The van der Waals surface area contributed by atoms with Crippen LogP contribution in [0.2, 0.25) is 0 Å². The number of halogens is 2. The van der Waals surface area contributed by atoms with Gasteiger partial charge in [0.2, 0.25) is 17.7 Å². The Kier molecular flexibility index (Phi) is 6.01. The van der Waals surface area contributed by atoms with Crippen LogP contribution in [0.4, 0.5) is 14.5 Å². The molecule has 1 N–H and O–H groups in total. The molecule has 1 aromatic carbocycles. The minimum Gasteiger partial charge on any atom is -0.495 e. The van der Waals surface area contributed by atoms with E-state index < -0.39 is 12.0 Å². The highest BCUT2D eigenvalue weighted by molar-refractivity contribution is 6.00. The monoisotopic (exact) mass is 392 g/mol. The summed E-state index contributed by atoms with van der Waals surface area (Å²) in [6.45, 7) is 0. The van der Waals surface area contributed by atoms with Crippen molar-refractivity contribution in [1.82, 2.24) is 4.90 Å². The van der Waals surface area contributed by atoms with Crippen molar-refractivity contribution in [3.05, 3.63) is 29.8 Å². The van der Waals surface area contributed by atoms with Crippen LogP contribution in [-0.2, 0) is 9.59 Å². The van der Waals surface area contributed by atoms with Gasteiger partial charge in [-0.2, -0.15) is 0 Å². The van der Waals surface area contributed by atoms with Crippen LogP contribution in [0.15, 0.2) is 24.3 Å². The van der Waals surface area contributed by atoms with Crippen LogP contribution < -0.4 is 10.1 Å². The topological polar surface area (TPSA) is 58.6 Å². The maximum absolute atomic E-state index is 13.3. The standard InChI is InChI=1S/C21H26F2N2O3/c1-25-17(6-8-19(25)26)20(27)24-16-13-15(5-7-18(16)28-2)4-3-14-9-11-21(22,23)12-10-14/h3-5,7,13-14,17H,6,8-12H2,1-2H3,(H,24,27)/b4-3+. The number of methoxy groups -OCH3 is 1. The number of ether oxygens (including phenoxy) is 1. The summed E-state index contributed by atoms with van der Waals surface area (Å²) in [5.74, 6) is -2.16. The zero-order chi connectivity index (χ0) is 20.3. The van der Waals surface area contributed by atoms with Crippen LogP contribution >= 0.6 is 0 Å². The largest absolute Gasteiger partial charge is 0.495 e. The van der Waals surface area contributed by atoms with Crippen LogP contribution in [0, 0.1) is 5.92 Å². The molecule has 1 aliphatic heterocycles. The number of carbonyl (C=O) groups excluding carboxylic acids is 2. The van der Waals surface area contributed by atoms with Crippen molar-refractivity contribution in [2.24, 2.45) is 5.92 Å². The number of benzene rings is 1. The summed E-state index contributed by atoms with van der Waals surface area (Å²) < 4.78 is 31.9. The molecule has 1 aliphatic carbocycles. The van der Waals surface area contributed by atoms with Crippen molar-refractivity contribution < 1.29 is 23.1 Å². The summed E-state index contributed by atoms with van der Waals surface area (Å²) in [7, 11) is 3.15. The van der Waals surface area contributed by atoms with E-state index in [2.05, 4.69) is 5.32 Å². The molecule has 1 atom stereocenters. The number of anilines is 1. The zero-order valence-corrected chi connectivity index (χ0v) is 16.2. The minimum atomic E-state index is -2.53. The number of likely N-dealkylation sites (N-methyl/N-ethyl adjacent to an activating group) is 1. The van der Waals surface area contributed by atoms with Gasteiger partial charge in [0.05, 0.1) is 12.8 Å². The van der Waals surface area contributed by atoms with E-state index in [1.807, 2.05) is 18.2 Å². The fourth-order valence-electron chi connectivity index (χ4n) is 3.76. The van der Waals surface area contributed by atoms with E-state index >= 15 is 0 Å². The number of hydrogen-bond donors (Lipinski definition) is 1. The van der Waals surface area contributed by atoms with Crippen LogP contribution in [-0.4, -0.2) is 42.8 Å². The Labute approximate surface area is 163 Å². The van der Waals surface area contributed by atoms with Crippen molar-refractivity contribution in [3.8, 4) is 5.75 Å². The average Bonchev–Trinajstić information content (AvgIpc) is 3.00. The molecule has 1 saturated heterocycles. The number of nitrogens with one attached hydrogen (secondary N) is 1. The molecule has 2 fully saturated rings. The summed E-state index contributed by atoms with van der Waals surface area (Å²) in [5.41, 5.74) is 1.38. The van der Waals surface area contributed by atoms with Gasteiger partial charge in [-0.15, -0.1) is 0 Å². The summed E-state index contributed by atoms with van der Waals surface area (Å²) >= 11 is 0. The van der Waals surface area contributed by atoms with Crippen molar-refractivity contribution in [1.29, 1.82) is 0 Å². The average molecular weight is 392 g/mol. The first kappa shape index (κ1) is 20.3. The third-order valence-corrected chi connectivity index (χ3v) is 5.60. The number of hydrogen-bond acceptors (Lipinski definition) is 3. The molecule has 28 heavy (non-hydrogen) atoms. The summed E-state index contributed by atoms with van der Waals surface area (Å²) in [6, 6.07) is 4.92. The Morgan fingerprint density at radius 1 is 1.29 bits per heavy atom. The third kappa shape index (κ3) is 4.69. The number of carbonyl (C=O) groups is 2.